The second-order valence-electron chi connectivity index (χ2n) is 6.12. The van der Waals surface area contributed by atoms with E-state index in [4.69, 9.17) is 22.1 Å². The van der Waals surface area contributed by atoms with Crippen LogP contribution in [0, 0.1) is 0 Å². The van der Waals surface area contributed by atoms with Gasteiger partial charge in [0.2, 0.25) is 0 Å². The summed E-state index contributed by atoms with van der Waals surface area (Å²) in [4.78, 5) is 14.9. The minimum absolute atomic E-state index is 0. The van der Waals surface area contributed by atoms with Crippen molar-refractivity contribution in [2.24, 2.45) is 0 Å². The third-order valence-corrected chi connectivity index (χ3v) is 5.12. The van der Waals surface area contributed by atoms with Crippen molar-refractivity contribution in [1.29, 1.82) is 0 Å². The van der Waals surface area contributed by atoms with Crippen LogP contribution in [0.3, 0.4) is 0 Å². The molecule has 25 heavy (non-hydrogen) atoms. The molecular weight excluding hydrogens is 359 g/mol. The van der Waals surface area contributed by atoms with Crippen LogP contribution >= 0.6 is 24.0 Å². The summed E-state index contributed by atoms with van der Waals surface area (Å²) < 4.78 is 5.32. The highest BCUT2D eigenvalue weighted by molar-refractivity contribution is 6.33. The van der Waals surface area contributed by atoms with E-state index in [1.807, 2.05) is 23.1 Å². The molecule has 134 valence electrons. The predicted molar refractivity (Wildman–Crippen MR) is 104 cm³/mol. The first kappa shape index (κ1) is 19.4. The summed E-state index contributed by atoms with van der Waals surface area (Å²) in [7, 11) is 1.53. The molecule has 0 saturated carbocycles. The molecule has 2 atom stereocenters. The van der Waals surface area contributed by atoms with Gasteiger partial charge < -0.3 is 15.4 Å². The van der Waals surface area contributed by atoms with Crippen molar-refractivity contribution in [1.82, 2.24) is 4.90 Å². The number of carbonyl (C=O) groups excluding carboxylic acids is 1. The molecule has 2 unspecified atom stereocenters. The van der Waals surface area contributed by atoms with Crippen LogP contribution in [0.2, 0.25) is 5.02 Å². The largest absolute Gasteiger partial charge is 0.496 e. The van der Waals surface area contributed by atoms with Gasteiger partial charge in [-0.1, -0.05) is 41.9 Å². The van der Waals surface area contributed by atoms with Gasteiger partial charge in [0.1, 0.15) is 5.75 Å². The Hall–Kier alpha value is -1.91. The van der Waals surface area contributed by atoms with E-state index < -0.39 is 0 Å². The highest BCUT2D eigenvalue weighted by Gasteiger charge is 2.36. The van der Waals surface area contributed by atoms with Crippen molar-refractivity contribution in [3.63, 3.8) is 0 Å². The van der Waals surface area contributed by atoms with Gasteiger partial charge >= 0.3 is 0 Å². The first-order valence-electron chi connectivity index (χ1n) is 8.02. The number of rotatable bonds is 3. The topological polar surface area (TPSA) is 55.6 Å². The Bertz CT molecular complexity index is 753. The van der Waals surface area contributed by atoms with E-state index in [1.54, 1.807) is 12.1 Å². The maximum atomic E-state index is 13.0. The minimum atomic E-state index is -0.0697. The molecule has 1 saturated heterocycles. The number of nitrogen functional groups attached to an aromatic ring is 1. The van der Waals surface area contributed by atoms with Crippen molar-refractivity contribution >= 4 is 35.6 Å². The quantitative estimate of drug-likeness (QED) is 0.804. The van der Waals surface area contributed by atoms with Crippen LogP contribution in [-0.4, -0.2) is 30.5 Å². The van der Waals surface area contributed by atoms with E-state index in [0.717, 1.165) is 6.42 Å². The van der Waals surface area contributed by atoms with Crippen LogP contribution in [0.25, 0.3) is 0 Å². The Labute approximate surface area is 159 Å². The molecule has 1 fully saturated rings. The summed E-state index contributed by atoms with van der Waals surface area (Å²) in [5, 5.41) is 0.366. The second kappa shape index (κ2) is 7.98. The molecule has 3 rings (SSSR count). The molecular formula is C19H22Cl2N2O2. The van der Waals surface area contributed by atoms with Gasteiger partial charge in [-0.15, -0.1) is 12.4 Å². The van der Waals surface area contributed by atoms with Crippen molar-refractivity contribution in [2.45, 2.75) is 25.3 Å². The number of halogens is 2. The molecule has 1 heterocycles. The zero-order valence-corrected chi connectivity index (χ0v) is 15.8. The maximum absolute atomic E-state index is 13.0. The Morgan fingerprint density at radius 1 is 1.28 bits per heavy atom. The molecule has 0 aliphatic carbocycles. The third kappa shape index (κ3) is 3.70. The summed E-state index contributed by atoms with van der Waals surface area (Å²) in [5.41, 5.74) is 7.93. The number of benzene rings is 2. The molecule has 0 bridgehead atoms. The number of anilines is 1. The zero-order chi connectivity index (χ0) is 17.3. The van der Waals surface area contributed by atoms with Gasteiger partial charge in [0.25, 0.3) is 5.91 Å². The van der Waals surface area contributed by atoms with E-state index in [0.29, 0.717) is 34.5 Å². The van der Waals surface area contributed by atoms with Crippen LogP contribution in [0.1, 0.15) is 35.2 Å². The number of amides is 1. The molecule has 2 N–H and O–H groups in total. The van der Waals surface area contributed by atoms with Gasteiger partial charge in [0.15, 0.2) is 0 Å². The summed E-state index contributed by atoms with van der Waals surface area (Å²) in [6.07, 6.45) is 0.946. The number of ether oxygens (including phenoxy) is 1. The van der Waals surface area contributed by atoms with Crippen molar-refractivity contribution in [2.75, 3.05) is 19.4 Å². The van der Waals surface area contributed by atoms with Crippen molar-refractivity contribution < 1.29 is 9.53 Å². The lowest BCUT2D eigenvalue weighted by Crippen LogP contribution is -2.35. The number of hydrogen-bond acceptors (Lipinski definition) is 3. The second-order valence-corrected chi connectivity index (χ2v) is 6.53. The first-order chi connectivity index (χ1) is 11.5. The summed E-state index contributed by atoms with van der Waals surface area (Å²) in [5.74, 6) is 0.724. The fourth-order valence-electron chi connectivity index (χ4n) is 3.43. The molecule has 0 aromatic heterocycles. The van der Waals surface area contributed by atoms with Gasteiger partial charge in [0.05, 0.1) is 23.4 Å². The number of hydrogen-bond donors (Lipinski definition) is 1. The average Bonchev–Trinajstić information content (AvgIpc) is 2.98. The molecule has 2 aromatic carbocycles. The number of carbonyl (C=O) groups is 1. The Kier molecular flexibility index (Phi) is 6.20. The van der Waals surface area contributed by atoms with E-state index in [1.165, 1.54) is 12.7 Å². The molecule has 0 spiro atoms. The van der Waals surface area contributed by atoms with E-state index in [-0.39, 0.29) is 24.4 Å². The summed E-state index contributed by atoms with van der Waals surface area (Å²) >= 11 is 6.10. The lowest BCUT2D eigenvalue weighted by Gasteiger charge is -2.26. The highest BCUT2D eigenvalue weighted by atomic mass is 35.5. The summed E-state index contributed by atoms with van der Waals surface area (Å²) in [6.45, 7) is 2.80. The SMILES string of the molecule is COc1cc(N)c(Cl)cc1C(=O)N1CCC(c2ccccc2)C1C.Cl. The normalized spacial score (nSPS) is 19.4. The van der Waals surface area contributed by atoms with Gasteiger partial charge in [-0.25, -0.2) is 0 Å². The van der Waals surface area contributed by atoms with Crippen LogP contribution < -0.4 is 10.5 Å². The minimum Gasteiger partial charge on any atom is -0.496 e. The molecule has 1 aliphatic rings. The van der Waals surface area contributed by atoms with E-state index >= 15 is 0 Å². The Morgan fingerprint density at radius 3 is 2.60 bits per heavy atom. The van der Waals surface area contributed by atoms with E-state index in [9.17, 15) is 4.79 Å². The maximum Gasteiger partial charge on any atom is 0.257 e. The molecule has 2 aromatic rings. The van der Waals surface area contributed by atoms with Crippen LogP contribution in [0.4, 0.5) is 5.69 Å². The molecule has 1 amide bonds. The summed E-state index contributed by atoms with van der Waals surface area (Å²) in [6, 6.07) is 13.6. The Morgan fingerprint density at radius 2 is 1.96 bits per heavy atom. The van der Waals surface area contributed by atoms with Crippen molar-refractivity contribution in [3.05, 3.63) is 58.6 Å². The van der Waals surface area contributed by atoms with E-state index in [2.05, 4.69) is 19.1 Å². The molecule has 1 aliphatic heterocycles. The standard InChI is InChI=1S/C19H21ClN2O2.ClH/c1-12-14(13-6-4-3-5-7-13)8-9-22(12)19(23)15-10-16(20)17(21)11-18(15)24-2;/h3-7,10-12,14H,8-9,21H2,1-2H3;1H. The average molecular weight is 381 g/mol. The van der Waals surface area contributed by atoms with Crippen LogP contribution in [0.5, 0.6) is 5.75 Å². The van der Waals surface area contributed by atoms with Crippen LogP contribution in [-0.2, 0) is 0 Å². The number of nitrogens with zero attached hydrogens (tertiary/aromatic N) is 1. The van der Waals surface area contributed by atoms with Crippen molar-refractivity contribution in [3.8, 4) is 5.75 Å². The number of nitrogens with two attached hydrogens (primary N) is 1. The smallest absolute Gasteiger partial charge is 0.257 e. The molecule has 6 heteroatoms. The lowest BCUT2D eigenvalue weighted by molar-refractivity contribution is 0.0739. The molecule has 4 nitrogen and oxygen atoms in total. The fourth-order valence-corrected chi connectivity index (χ4v) is 3.60. The zero-order valence-electron chi connectivity index (χ0n) is 14.2. The van der Waals surface area contributed by atoms with Gasteiger partial charge in [-0.3, -0.25) is 4.79 Å². The predicted octanol–water partition coefficient (Wildman–Crippen LogP) is 4.37. The van der Waals surface area contributed by atoms with Crippen LogP contribution in [0.15, 0.2) is 42.5 Å². The number of methoxy groups -OCH3 is 1. The van der Waals surface area contributed by atoms with Gasteiger partial charge in [0, 0.05) is 24.6 Å². The highest BCUT2D eigenvalue weighted by Crippen LogP contribution is 2.36. The fraction of sp³-hybridized carbons (Fsp3) is 0.316. The van der Waals surface area contributed by atoms with Gasteiger partial charge in [-0.2, -0.15) is 0 Å². The Balaban J connectivity index is 0.00000225. The monoisotopic (exact) mass is 380 g/mol. The third-order valence-electron chi connectivity index (χ3n) is 4.79. The first-order valence-corrected chi connectivity index (χ1v) is 8.39. The molecule has 0 radical (unpaired) electrons. The number of likely N-dealkylation sites (tertiary alicyclic amines) is 1. The lowest BCUT2D eigenvalue weighted by atomic mass is 9.93. The van der Waals surface area contributed by atoms with Gasteiger partial charge in [-0.05, 0) is 25.0 Å².